The number of sulfonamides is 1. The molecule has 0 atom stereocenters. The fraction of sp³-hybridized carbons (Fsp3) is 0.280. The van der Waals surface area contributed by atoms with Crippen molar-refractivity contribution in [3.05, 3.63) is 65.4 Å². The van der Waals surface area contributed by atoms with Gasteiger partial charge in [-0.1, -0.05) is 36.4 Å². The molecule has 3 N–H and O–H groups in total. The molecule has 0 radical (unpaired) electrons. The minimum atomic E-state index is -4.01. The third-order valence-corrected chi connectivity index (χ3v) is 6.96. The fourth-order valence-electron chi connectivity index (χ4n) is 3.89. The number of ketones is 1. The van der Waals surface area contributed by atoms with Gasteiger partial charge in [-0.05, 0) is 31.0 Å². The van der Waals surface area contributed by atoms with Gasteiger partial charge in [0.05, 0.1) is 29.3 Å². The van der Waals surface area contributed by atoms with E-state index in [0.29, 0.717) is 17.8 Å². The van der Waals surface area contributed by atoms with Gasteiger partial charge in [0.1, 0.15) is 5.75 Å². The highest BCUT2D eigenvalue weighted by Crippen LogP contribution is 2.34. The van der Waals surface area contributed by atoms with E-state index in [4.69, 9.17) is 10.5 Å². The number of aromatic nitrogens is 1. The number of amides is 2. The molecule has 1 heterocycles. The average molecular weight is 530 g/mol. The molecule has 0 bridgehead atoms. The zero-order valence-corrected chi connectivity index (χ0v) is 21.2. The van der Waals surface area contributed by atoms with Crippen LogP contribution >= 0.6 is 0 Å². The van der Waals surface area contributed by atoms with Crippen LogP contribution < -0.4 is 15.2 Å². The van der Waals surface area contributed by atoms with Crippen LogP contribution in [0.25, 0.3) is 10.9 Å². The first kappa shape index (κ1) is 27.4. The summed E-state index contributed by atoms with van der Waals surface area (Å²) in [6.07, 6.45) is -0.137. The van der Waals surface area contributed by atoms with Gasteiger partial charge in [-0.2, -0.15) is 0 Å². The van der Waals surface area contributed by atoms with Crippen LogP contribution in [0.1, 0.15) is 34.5 Å². The molecule has 3 rings (SSSR count). The minimum absolute atomic E-state index is 0.0255. The Morgan fingerprint density at radius 2 is 1.73 bits per heavy atom. The lowest BCUT2D eigenvalue weighted by Crippen LogP contribution is -2.36. The van der Waals surface area contributed by atoms with E-state index in [9.17, 15) is 27.6 Å². The highest BCUT2D eigenvalue weighted by Gasteiger charge is 2.26. The summed E-state index contributed by atoms with van der Waals surface area (Å²) >= 11 is 0. The van der Waals surface area contributed by atoms with E-state index in [0.717, 1.165) is 5.56 Å². The van der Waals surface area contributed by atoms with Gasteiger partial charge in [0.2, 0.25) is 10.0 Å². The first-order chi connectivity index (χ1) is 17.5. The summed E-state index contributed by atoms with van der Waals surface area (Å²) in [6.45, 7) is 1.39. The molecule has 2 amide bonds. The largest absolute Gasteiger partial charge is 0.483 e. The van der Waals surface area contributed by atoms with E-state index >= 15 is 0 Å². The van der Waals surface area contributed by atoms with Crippen LogP contribution in [0.2, 0.25) is 0 Å². The van der Waals surface area contributed by atoms with Crippen molar-refractivity contribution in [3.63, 3.8) is 0 Å². The Balaban J connectivity index is 1.86. The molecule has 0 saturated heterocycles. The zero-order chi connectivity index (χ0) is 27.2. The van der Waals surface area contributed by atoms with E-state index in [1.54, 1.807) is 19.1 Å². The Labute approximate surface area is 213 Å². The Bertz CT molecular complexity index is 1450. The molecular weight excluding hydrogens is 502 g/mol. The maximum Gasteiger partial charge on any atom is 0.305 e. The minimum Gasteiger partial charge on any atom is -0.483 e. The summed E-state index contributed by atoms with van der Waals surface area (Å²) in [5, 5.41) is 0.286. The monoisotopic (exact) mass is 529 g/mol. The predicted octanol–water partition coefficient (Wildman–Crippen LogP) is 1.44. The van der Waals surface area contributed by atoms with Gasteiger partial charge >= 0.3 is 5.97 Å². The second-order valence-corrected chi connectivity index (χ2v) is 10.0. The molecule has 37 heavy (non-hydrogen) atoms. The van der Waals surface area contributed by atoms with E-state index in [1.165, 1.54) is 13.2 Å². The van der Waals surface area contributed by atoms with E-state index in [1.807, 2.05) is 39.6 Å². The third kappa shape index (κ3) is 6.73. The lowest BCUT2D eigenvalue weighted by atomic mass is 10.1. The second kappa shape index (κ2) is 11.7. The molecule has 196 valence electrons. The molecule has 2 aromatic carbocycles. The topological polar surface area (TPSA) is 164 Å². The normalized spacial score (nSPS) is 11.2. The SMILES string of the molecule is COC(=O)CCCS(=O)(=O)NC(=O)COc1cccc2c1c(C(=O)C(N)=O)c(C)n2Cc1ccccc1. The number of nitrogens with two attached hydrogens (primary N) is 1. The van der Waals surface area contributed by atoms with Crippen molar-refractivity contribution in [2.75, 3.05) is 19.5 Å². The van der Waals surface area contributed by atoms with Crippen LogP contribution in [0.4, 0.5) is 0 Å². The van der Waals surface area contributed by atoms with Crippen molar-refractivity contribution in [2.45, 2.75) is 26.3 Å². The summed E-state index contributed by atoms with van der Waals surface area (Å²) in [5.74, 6) is -3.92. The van der Waals surface area contributed by atoms with Gasteiger partial charge < -0.3 is 19.8 Å². The highest BCUT2D eigenvalue weighted by atomic mass is 32.2. The molecule has 0 unspecified atom stereocenters. The number of rotatable bonds is 12. The number of nitrogens with one attached hydrogen (secondary N) is 1. The van der Waals surface area contributed by atoms with Gasteiger partial charge in [-0.25, -0.2) is 8.42 Å². The van der Waals surface area contributed by atoms with E-state index in [2.05, 4.69) is 4.74 Å². The number of fused-ring (bicyclic) bond motifs is 1. The number of ether oxygens (including phenoxy) is 2. The predicted molar refractivity (Wildman–Crippen MR) is 134 cm³/mol. The standard InChI is InChI=1S/C25H27N3O8S/c1-16-22(24(31)25(26)32)23-18(28(16)14-17-8-4-3-5-9-17)10-6-11-19(23)36-15-20(29)27-37(33,34)13-7-12-21(30)35-2/h3-6,8-11H,7,12-15H2,1-2H3,(H2,26,32)(H,27,29). The summed E-state index contributed by atoms with van der Waals surface area (Å²) in [6, 6.07) is 14.4. The molecule has 0 aliphatic carbocycles. The van der Waals surface area contributed by atoms with Crippen LogP contribution in [0.5, 0.6) is 5.75 Å². The number of carbonyl (C=O) groups is 4. The van der Waals surface area contributed by atoms with Crippen LogP contribution in [0.3, 0.4) is 0 Å². The van der Waals surface area contributed by atoms with Crippen LogP contribution in [-0.2, 0) is 35.7 Å². The van der Waals surface area contributed by atoms with Crippen molar-refractivity contribution in [2.24, 2.45) is 5.73 Å². The first-order valence-electron chi connectivity index (χ1n) is 11.3. The maximum absolute atomic E-state index is 12.8. The molecule has 11 nitrogen and oxygen atoms in total. The number of Topliss-reactive ketones (excluding diaryl/α,β-unsaturated/α-hetero) is 1. The number of hydrogen-bond acceptors (Lipinski definition) is 8. The molecule has 12 heteroatoms. The van der Waals surface area contributed by atoms with Crippen molar-refractivity contribution < 1.29 is 37.1 Å². The summed E-state index contributed by atoms with van der Waals surface area (Å²) in [5.41, 5.74) is 7.35. The Hall–Kier alpha value is -4.19. The quantitative estimate of drug-likeness (QED) is 0.202. The van der Waals surface area contributed by atoms with Crippen molar-refractivity contribution in [3.8, 4) is 5.75 Å². The second-order valence-electron chi connectivity index (χ2n) is 8.19. The summed E-state index contributed by atoms with van der Waals surface area (Å²) < 4.78 is 38.1. The van der Waals surface area contributed by atoms with Crippen molar-refractivity contribution in [1.82, 2.24) is 9.29 Å². The number of nitrogens with zero attached hydrogens (tertiary/aromatic N) is 1. The number of primary amides is 1. The van der Waals surface area contributed by atoms with Gasteiger partial charge in [-0.3, -0.25) is 23.9 Å². The molecule has 3 aromatic rings. The van der Waals surface area contributed by atoms with Gasteiger partial charge in [0.25, 0.3) is 17.6 Å². The van der Waals surface area contributed by atoms with Crippen molar-refractivity contribution >= 4 is 44.5 Å². The van der Waals surface area contributed by atoms with E-state index in [-0.39, 0.29) is 29.5 Å². The fourth-order valence-corrected chi connectivity index (χ4v) is 4.92. The van der Waals surface area contributed by atoms with Gasteiger partial charge in [-0.15, -0.1) is 0 Å². The molecule has 0 aliphatic heterocycles. The maximum atomic E-state index is 12.8. The van der Waals surface area contributed by atoms with Crippen LogP contribution in [0.15, 0.2) is 48.5 Å². The van der Waals surface area contributed by atoms with Crippen LogP contribution in [-0.4, -0.2) is 56.0 Å². The third-order valence-electron chi connectivity index (χ3n) is 5.60. The molecule has 0 spiro atoms. The molecule has 1 aromatic heterocycles. The number of benzene rings is 2. The number of hydrogen-bond donors (Lipinski definition) is 2. The highest BCUT2D eigenvalue weighted by molar-refractivity contribution is 7.90. The summed E-state index contributed by atoms with van der Waals surface area (Å²) in [7, 11) is -2.82. The molecule has 0 fully saturated rings. The smallest absolute Gasteiger partial charge is 0.305 e. The Kier molecular flexibility index (Phi) is 8.66. The van der Waals surface area contributed by atoms with Crippen molar-refractivity contribution in [1.29, 1.82) is 0 Å². The molecule has 0 saturated carbocycles. The number of methoxy groups -OCH3 is 1. The lowest BCUT2D eigenvalue weighted by Gasteiger charge is -2.11. The van der Waals surface area contributed by atoms with E-state index < -0.39 is 45.9 Å². The lowest BCUT2D eigenvalue weighted by molar-refractivity contribution is -0.140. The first-order valence-corrected chi connectivity index (χ1v) is 12.9. The zero-order valence-electron chi connectivity index (χ0n) is 20.4. The van der Waals surface area contributed by atoms with Gasteiger partial charge in [0, 0.05) is 18.7 Å². The number of carbonyl (C=O) groups excluding carboxylic acids is 4. The molecular formula is C25H27N3O8S. The van der Waals surface area contributed by atoms with Gasteiger partial charge in [0.15, 0.2) is 6.61 Å². The number of esters is 1. The average Bonchev–Trinajstić information content (AvgIpc) is 3.13. The summed E-state index contributed by atoms with van der Waals surface area (Å²) in [4.78, 5) is 48.0. The Morgan fingerprint density at radius 3 is 2.38 bits per heavy atom. The van der Waals surface area contributed by atoms with Crippen LogP contribution in [0, 0.1) is 6.92 Å². The Morgan fingerprint density at radius 1 is 1.03 bits per heavy atom. The molecule has 0 aliphatic rings.